The predicted octanol–water partition coefficient (Wildman–Crippen LogP) is 3.62. The molecule has 0 aliphatic carbocycles. The van der Waals surface area contributed by atoms with Crippen LogP contribution in [0.15, 0.2) is 47.6 Å². The molecule has 0 atom stereocenters. The van der Waals surface area contributed by atoms with E-state index in [0.29, 0.717) is 11.1 Å². The van der Waals surface area contributed by atoms with Crippen LogP contribution in [0.3, 0.4) is 0 Å². The van der Waals surface area contributed by atoms with E-state index >= 15 is 0 Å². The van der Waals surface area contributed by atoms with Gasteiger partial charge in [-0.2, -0.15) is 0 Å². The molecule has 3 aromatic rings. The number of aliphatic imine (C=N–C) groups is 1. The SMILES string of the molecule is Oc1[nH]c2cccnc2c1C=Nc1ccc(I)cc1. The molecular weight excluding hydrogens is 353 g/mol. The molecular formula is C14H10IN3O. The number of rotatable bonds is 2. The van der Waals surface area contributed by atoms with E-state index in [4.69, 9.17) is 0 Å². The summed E-state index contributed by atoms with van der Waals surface area (Å²) in [5.74, 6) is 0.0861. The molecule has 2 N–H and O–H groups in total. The van der Waals surface area contributed by atoms with Gasteiger partial charge in [0.15, 0.2) is 5.88 Å². The maximum atomic E-state index is 9.87. The number of pyridine rings is 1. The fraction of sp³-hybridized carbons (Fsp3) is 0. The van der Waals surface area contributed by atoms with Gasteiger partial charge in [-0.05, 0) is 59.0 Å². The van der Waals surface area contributed by atoms with Crippen LogP contribution in [0.25, 0.3) is 11.0 Å². The Morgan fingerprint density at radius 3 is 2.79 bits per heavy atom. The third kappa shape index (κ3) is 2.46. The van der Waals surface area contributed by atoms with Crippen molar-refractivity contribution >= 4 is 45.5 Å². The lowest BCUT2D eigenvalue weighted by Gasteiger charge is -1.94. The molecule has 0 saturated heterocycles. The van der Waals surface area contributed by atoms with E-state index in [-0.39, 0.29) is 5.88 Å². The summed E-state index contributed by atoms with van der Waals surface area (Å²) < 4.78 is 1.16. The number of nitrogens with one attached hydrogen (secondary N) is 1. The molecule has 19 heavy (non-hydrogen) atoms. The molecule has 0 spiro atoms. The van der Waals surface area contributed by atoms with Crippen LogP contribution in [0.1, 0.15) is 5.56 Å². The lowest BCUT2D eigenvalue weighted by molar-refractivity contribution is 0.457. The minimum absolute atomic E-state index is 0.0861. The molecule has 2 aromatic heterocycles. The molecule has 0 unspecified atom stereocenters. The van der Waals surface area contributed by atoms with Crippen molar-refractivity contribution in [1.29, 1.82) is 0 Å². The normalized spacial score (nSPS) is 11.4. The van der Waals surface area contributed by atoms with Gasteiger partial charge < -0.3 is 10.1 Å². The summed E-state index contributed by atoms with van der Waals surface area (Å²) in [6, 6.07) is 11.5. The van der Waals surface area contributed by atoms with Crippen molar-refractivity contribution in [3.63, 3.8) is 0 Å². The smallest absolute Gasteiger partial charge is 0.200 e. The van der Waals surface area contributed by atoms with Gasteiger partial charge in [0, 0.05) is 16.0 Å². The second-order valence-electron chi connectivity index (χ2n) is 4.02. The second kappa shape index (κ2) is 5.00. The zero-order valence-electron chi connectivity index (χ0n) is 9.84. The Morgan fingerprint density at radius 2 is 2.00 bits per heavy atom. The maximum absolute atomic E-state index is 9.87. The highest BCUT2D eigenvalue weighted by molar-refractivity contribution is 14.1. The van der Waals surface area contributed by atoms with Gasteiger partial charge in [-0.25, -0.2) is 0 Å². The van der Waals surface area contributed by atoms with Crippen molar-refractivity contribution in [2.75, 3.05) is 0 Å². The molecule has 5 heteroatoms. The maximum Gasteiger partial charge on any atom is 0.200 e. The van der Waals surface area contributed by atoms with Crippen LogP contribution in [-0.4, -0.2) is 21.3 Å². The van der Waals surface area contributed by atoms with E-state index in [0.717, 1.165) is 14.8 Å². The summed E-state index contributed by atoms with van der Waals surface area (Å²) >= 11 is 2.25. The molecule has 3 rings (SSSR count). The number of hydrogen-bond acceptors (Lipinski definition) is 3. The lowest BCUT2D eigenvalue weighted by Crippen LogP contribution is -1.81. The Labute approximate surface area is 123 Å². The average molecular weight is 363 g/mol. The third-order valence-electron chi connectivity index (χ3n) is 2.74. The van der Waals surface area contributed by atoms with Crippen molar-refractivity contribution in [1.82, 2.24) is 9.97 Å². The van der Waals surface area contributed by atoms with Crippen LogP contribution < -0.4 is 0 Å². The van der Waals surface area contributed by atoms with Gasteiger partial charge in [0.1, 0.15) is 5.52 Å². The van der Waals surface area contributed by atoms with Gasteiger partial charge in [-0.1, -0.05) is 0 Å². The Hall–Kier alpha value is -1.89. The van der Waals surface area contributed by atoms with Crippen LogP contribution in [0, 0.1) is 3.57 Å². The van der Waals surface area contributed by atoms with Crippen molar-refractivity contribution in [2.45, 2.75) is 0 Å². The largest absolute Gasteiger partial charge is 0.494 e. The molecule has 0 aliphatic heterocycles. The van der Waals surface area contributed by atoms with Crippen molar-refractivity contribution in [3.05, 3.63) is 51.7 Å². The van der Waals surface area contributed by atoms with Gasteiger partial charge in [0.05, 0.1) is 16.8 Å². The predicted molar refractivity (Wildman–Crippen MR) is 84.2 cm³/mol. The van der Waals surface area contributed by atoms with E-state index < -0.39 is 0 Å². The van der Waals surface area contributed by atoms with Crippen molar-refractivity contribution < 1.29 is 5.11 Å². The van der Waals surface area contributed by atoms with E-state index in [1.165, 1.54) is 0 Å². The first-order valence-corrected chi connectivity index (χ1v) is 6.77. The molecule has 4 nitrogen and oxygen atoms in total. The number of fused-ring (bicyclic) bond motifs is 1. The average Bonchev–Trinajstić information content (AvgIpc) is 2.74. The lowest BCUT2D eigenvalue weighted by atomic mass is 10.2. The minimum atomic E-state index is 0.0861. The number of nitrogens with zero attached hydrogens (tertiary/aromatic N) is 2. The monoisotopic (exact) mass is 363 g/mol. The summed E-state index contributed by atoms with van der Waals surface area (Å²) in [7, 11) is 0. The number of hydrogen-bond donors (Lipinski definition) is 2. The van der Waals surface area contributed by atoms with Crippen LogP contribution in [0.5, 0.6) is 5.88 Å². The second-order valence-corrected chi connectivity index (χ2v) is 5.27. The molecule has 1 aromatic carbocycles. The Morgan fingerprint density at radius 1 is 1.21 bits per heavy atom. The van der Waals surface area contributed by atoms with Gasteiger partial charge in [-0.3, -0.25) is 9.98 Å². The van der Waals surface area contributed by atoms with Crippen LogP contribution >= 0.6 is 22.6 Å². The Kier molecular flexibility index (Phi) is 3.20. The number of aromatic amines is 1. The van der Waals surface area contributed by atoms with Crippen LogP contribution in [0.2, 0.25) is 0 Å². The number of benzene rings is 1. The van der Waals surface area contributed by atoms with Gasteiger partial charge in [0.2, 0.25) is 0 Å². The molecule has 0 bridgehead atoms. The van der Waals surface area contributed by atoms with Gasteiger partial charge >= 0.3 is 0 Å². The highest BCUT2D eigenvalue weighted by Gasteiger charge is 2.08. The summed E-state index contributed by atoms with van der Waals surface area (Å²) in [4.78, 5) is 11.5. The van der Waals surface area contributed by atoms with Crippen molar-refractivity contribution in [2.24, 2.45) is 4.99 Å². The number of H-pyrrole nitrogens is 1. The van der Waals surface area contributed by atoms with Crippen molar-refractivity contribution in [3.8, 4) is 5.88 Å². The summed E-state index contributed by atoms with van der Waals surface area (Å²) in [5, 5.41) is 9.87. The minimum Gasteiger partial charge on any atom is -0.494 e. The molecule has 0 radical (unpaired) electrons. The molecule has 2 heterocycles. The van der Waals surface area contributed by atoms with Crippen LogP contribution in [-0.2, 0) is 0 Å². The zero-order chi connectivity index (χ0) is 13.2. The number of aromatic hydroxyl groups is 1. The van der Waals surface area contributed by atoms with E-state index in [1.807, 2.05) is 36.4 Å². The molecule has 0 fully saturated rings. The topological polar surface area (TPSA) is 61.3 Å². The molecule has 0 amide bonds. The van der Waals surface area contributed by atoms with Crippen LogP contribution in [0.4, 0.5) is 5.69 Å². The van der Waals surface area contributed by atoms with Gasteiger partial charge in [-0.15, -0.1) is 0 Å². The third-order valence-corrected chi connectivity index (χ3v) is 3.46. The first-order chi connectivity index (χ1) is 9.24. The first-order valence-electron chi connectivity index (χ1n) is 5.69. The molecule has 0 saturated carbocycles. The fourth-order valence-corrected chi connectivity index (χ4v) is 2.18. The van der Waals surface area contributed by atoms with E-state index in [9.17, 15) is 5.11 Å². The summed E-state index contributed by atoms with van der Waals surface area (Å²) in [5.41, 5.74) is 2.96. The number of halogens is 1. The quantitative estimate of drug-likeness (QED) is 0.540. The molecule has 0 aliphatic rings. The van der Waals surface area contributed by atoms with E-state index in [1.54, 1.807) is 12.4 Å². The number of aromatic nitrogens is 2. The van der Waals surface area contributed by atoms with Gasteiger partial charge in [0.25, 0.3) is 0 Å². The summed E-state index contributed by atoms with van der Waals surface area (Å²) in [6.07, 6.45) is 3.32. The zero-order valence-corrected chi connectivity index (χ0v) is 12.0. The highest BCUT2D eigenvalue weighted by Crippen LogP contribution is 2.24. The Bertz CT molecular complexity index is 747. The summed E-state index contributed by atoms with van der Waals surface area (Å²) in [6.45, 7) is 0. The standard InChI is InChI=1S/C14H10IN3O/c15-9-3-5-10(6-4-9)17-8-11-13-12(18-14(11)19)2-1-7-16-13/h1-8,18-19H. The highest BCUT2D eigenvalue weighted by atomic mass is 127. The molecule has 94 valence electrons. The fourth-order valence-electron chi connectivity index (χ4n) is 1.82. The Balaban J connectivity index is 2.01. The van der Waals surface area contributed by atoms with E-state index in [2.05, 4.69) is 37.6 Å². The first kappa shape index (κ1) is 12.2.